The van der Waals surface area contributed by atoms with Crippen LogP contribution in [0.1, 0.15) is 17.5 Å². The van der Waals surface area contributed by atoms with Crippen molar-refractivity contribution in [1.29, 1.82) is 0 Å². The van der Waals surface area contributed by atoms with E-state index < -0.39 is 74.2 Å². The second-order valence-corrected chi connectivity index (χ2v) is 10.4. The summed E-state index contributed by atoms with van der Waals surface area (Å²) in [5, 5.41) is 43.6. The van der Waals surface area contributed by atoms with Gasteiger partial charge in [-0.2, -0.15) is 8.42 Å². The van der Waals surface area contributed by atoms with Gasteiger partial charge in [-0.3, -0.25) is 28.4 Å². The normalized spacial score (nSPS) is 27.3. The summed E-state index contributed by atoms with van der Waals surface area (Å²) in [5.41, 5.74) is 7.41. The van der Waals surface area contributed by atoms with Crippen LogP contribution >= 0.6 is 11.6 Å². The Labute approximate surface area is 215 Å². The molecule has 1 aromatic carbocycles. The summed E-state index contributed by atoms with van der Waals surface area (Å²) >= 11 is 6.06. The van der Waals surface area contributed by atoms with Crippen molar-refractivity contribution < 1.29 is 52.3 Å². The van der Waals surface area contributed by atoms with E-state index in [1.54, 1.807) is 0 Å². The third-order valence-electron chi connectivity index (χ3n) is 6.70. The number of aliphatic hydroxyl groups excluding tert-OH is 2. The molecular formula is C21H24ClN3O11S. The summed E-state index contributed by atoms with van der Waals surface area (Å²) in [4.78, 5) is 39.9. The zero-order chi connectivity index (χ0) is 28.4. The lowest BCUT2D eigenvalue weighted by atomic mass is 9.57. The minimum Gasteiger partial charge on any atom is -0.508 e. The first-order valence-corrected chi connectivity index (χ1v) is 12.3. The molecule has 4 atom stereocenters. The maximum absolute atomic E-state index is 13.6. The second kappa shape index (κ2) is 9.27. The van der Waals surface area contributed by atoms with Crippen LogP contribution in [0.2, 0.25) is 5.02 Å². The van der Waals surface area contributed by atoms with Gasteiger partial charge in [0.15, 0.2) is 17.1 Å². The molecule has 0 aliphatic heterocycles. The monoisotopic (exact) mass is 561 g/mol. The minimum absolute atomic E-state index is 0.00845. The van der Waals surface area contributed by atoms with E-state index in [4.69, 9.17) is 40.6 Å². The number of primary amides is 1. The molecule has 0 spiro atoms. The number of amides is 1. The van der Waals surface area contributed by atoms with E-state index in [9.17, 15) is 34.8 Å². The summed E-state index contributed by atoms with van der Waals surface area (Å²) in [5.74, 6) is -7.20. The zero-order valence-corrected chi connectivity index (χ0v) is 20.9. The topological polar surface area (TPSA) is 262 Å². The van der Waals surface area contributed by atoms with Crippen molar-refractivity contribution >= 4 is 50.9 Å². The Morgan fingerprint density at radius 3 is 2.22 bits per heavy atom. The van der Waals surface area contributed by atoms with Crippen molar-refractivity contribution in [2.24, 2.45) is 17.6 Å². The lowest BCUT2D eigenvalue weighted by molar-refractivity contribution is -0.153. The maximum atomic E-state index is 13.6. The Morgan fingerprint density at radius 2 is 1.73 bits per heavy atom. The number of anilines is 1. The van der Waals surface area contributed by atoms with E-state index in [-0.39, 0.29) is 34.7 Å². The summed E-state index contributed by atoms with van der Waals surface area (Å²) in [6.07, 6.45) is 0.163. The summed E-state index contributed by atoms with van der Waals surface area (Å²) in [7, 11) is -1.60. The Bertz CT molecular complexity index is 1390. The average Bonchev–Trinajstić information content (AvgIpc) is 2.73. The predicted octanol–water partition coefficient (Wildman–Crippen LogP) is -0.453. The summed E-state index contributed by atoms with van der Waals surface area (Å²) < 4.78 is 31.6. The number of nitrogen functional groups attached to an aromatic ring is 1. The molecule has 3 aliphatic carbocycles. The van der Waals surface area contributed by atoms with Gasteiger partial charge in [0.1, 0.15) is 17.1 Å². The van der Waals surface area contributed by atoms with Gasteiger partial charge in [0.2, 0.25) is 5.78 Å². The van der Waals surface area contributed by atoms with E-state index in [0.29, 0.717) is 5.56 Å². The lowest BCUT2D eigenvalue weighted by Gasteiger charge is -2.50. The van der Waals surface area contributed by atoms with Crippen molar-refractivity contribution in [1.82, 2.24) is 4.90 Å². The number of halogens is 1. The van der Waals surface area contributed by atoms with Gasteiger partial charge in [-0.15, -0.1) is 0 Å². The number of Topliss-reactive ketones (excluding diaryl/α,β-unsaturated/α-hetero) is 2. The summed E-state index contributed by atoms with van der Waals surface area (Å²) in [6, 6.07) is 0.346. The van der Waals surface area contributed by atoms with Crippen molar-refractivity contribution in [2.75, 3.05) is 19.8 Å². The van der Waals surface area contributed by atoms with Crippen LogP contribution in [0.15, 0.2) is 23.0 Å². The molecule has 1 saturated carbocycles. The predicted molar refractivity (Wildman–Crippen MR) is 128 cm³/mol. The van der Waals surface area contributed by atoms with Gasteiger partial charge < -0.3 is 31.9 Å². The average molecular weight is 562 g/mol. The molecule has 0 aromatic heterocycles. The molecule has 0 radical (unpaired) electrons. The number of aromatic hydroxyl groups is 1. The SMILES string of the molecule is CN(C)C1C(=O)C(C(N)=O)=C(O)C2(O)C(=O)C3=C(O)c4c(cc(Cl)c(N)c4O)CC3CC12.O=S(=O)(O)O. The number of likely N-dealkylation sites (N-methyl/N-ethyl adjacent to an activating group) is 1. The van der Waals surface area contributed by atoms with E-state index in [1.165, 1.54) is 25.1 Å². The van der Waals surface area contributed by atoms with Gasteiger partial charge in [0, 0.05) is 11.5 Å². The molecule has 202 valence electrons. The smallest absolute Gasteiger partial charge is 0.394 e. The van der Waals surface area contributed by atoms with Gasteiger partial charge in [-0.25, -0.2) is 0 Å². The Balaban J connectivity index is 0.000000695. The highest BCUT2D eigenvalue weighted by molar-refractivity contribution is 7.79. The molecule has 14 nitrogen and oxygen atoms in total. The fourth-order valence-electron chi connectivity index (χ4n) is 5.28. The van der Waals surface area contributed by atoms with Gasteiger partial charge in [0.25, 0.3) is 5.91 Å². The van der Waals surface area contributed by atoms with E-state index >= 15 is 0 Å². The van der Waals surface area contributed by atoms with Crippen molar-refractivity contribution in [2.45, 2.75) is 24.5 Å². The van der Waals surface area contributed by atoms with Crippen molar-refractivity contribution in [3.05, 3.63) is 39.1 Å². The number of nitrogens with zero attached hydrogens (tertiary/aromatic N) is 1. The quantitative estimate of drug-likeness (QED) is 0.0984. The van der Waals surface area contributed by atoms with Gasteiger partial charge in [-0.1, -0.05) is 11.6 Å². The number of nitrogens with two attached hydrogens (primary N) is 2. The number of hydrogen-bond donors (Lipinski definition) is 8. The van der Waals surface area contributed by atoms with Crippen LogP contribution in [0.5, 0.6) is 5.75 Å². The van der Waals surface area contributed by atoms with Gasteiger partial charge in [0.05, 0.1) is 22.3 Å². The highest BCUT2D eigenvalue weighted by atomic mass is 35.5. The van der Waals surface area contributed by atoms with E-state index in [0.717, 1.165) is 0 Å². The van der Waals surface area contributed by atoms with Crippen LogP contribution in [-0.2, 0) is 31.2 Å². The molecule has 0 heterocycles. The number of carbonyl (C=O) groups is 3. The first-order valence-electron chi connectivity index (χ1n) is 10.5. The number of benzene rings is 1. The van der Waals surface area contributed by atoms with Crippen molar-refractivity contribution in [3.63, 3.8) is 0 Å². The Hall–Kier alpha value is -3.21. The number of aliphatic hydroxyl groups is 3. The minimum atomic E-state index is -4.67. The molecule has 10 N–H and O–H groups in total. The number of rotatable bonds is 2. The molecule has 3 aliphatic rings. The standard InChI is InChI=1S/C21H22ClN3O7.H2O4S/c1-25(2)14-8-4-6-3-7-5-9(22)13(23)16(27)10(7)15(26)11(6)18(29)21(8,32)19(30)12(17(14)28)20(24)31;1-5(2,3)4/h5-6,8,14,26-27,30,32H,3-4,23H2,1-2H3,(H2,24,31);(H2,1,2,3,4). The second-order valence-electron chi connectivity index (χ2n) is 9.06. The molecular weight excluding hydrogens is 538 g/mol. The molecule has 16 heteroatoms. The van der Waals surface area contributed by atoms with Crippen LogP contribution in [0.3, 0.4) is 0 Å². The fourth-order valence-corrected chi connectivity index (χ4v) is 5.50. The van der Waals surface area contributed by atoms with Crippen LogP contribution < -0.4 is 11.5 Å². The molecule has 37 heavy (non-hydrogen) atoms. The first-order chi connectivity index (χ1) is 16.8. The number of ketones is 2. The van der Waals surface area contributed by atoms with E-state index in [2.05, 4.69) is 0 Å². The molecule has 4 rings (SSSR count). The fraction of sp³-hybridized carbons (Fsp3) is 0.381. The largest absolute Gasteiger partial charge is 0.508 e. The third kappa shape index (κ3) is 4.54. The van der Waals surface area contributed by atoms with Gasteiger partial charge in [-0.05, 0) is 44.5 Å². The molecule has 1 aromatic rings. The maximum Gasteiger partial charge on any atom is 0.394 e. The van der Waals surface area contributed by atoms with E-state index in [1.807, 2.05) is 0 Å². The van der Waals surface area contributed by atoms with Crippen LogP contribution in [0, 0.1) is 11.8 Å². The highest BCUT2D eigenvalue weighted by Crippen LogP contribution is 2.53. The third-order valence-corrected chi connectivity index (χ3v) is 7.01. The Morgan fingerprint density at radius 1 is 1.19 bits per heavy atom. The first kappa shape index (κ1) is 28.4. The number of phenolic OH excluding ortho intramolecular Hbond substituents is 1. The number of phenols is 1. The number of fused-ring (bicyclic) bond motifs is 3. The Kier molecular flexibility index (Phi) is 7.11. The zero-order valence-electron chi connectivity index (χ0n) is 19.3. The number of carbonyl (C=O) groups excluding carboxylic acids is 3. The molecule has 0 bridgehead atoms. The van der Waals surface area contributed by atoms with Crippen LogP contribution in [0.25, 0.3) is 5.76 Å². The molecule has 1 fully saturated rings. The lowest BCUT2D eigenvalue weighted by Crippen LogP contribution is -2.65. The van der Waals surface area contributed by atoms with Crippen LogP contribution in [0.4, 0.5) is 5.69 Å². The van der Waals surface area contributed by atoms with Crippen molar-refractivity contribution in [3.8, 4) is 5.75 Å². The molecule has 1 amide bonds. The molecule has 0 saturated heterocycles. The van der Waals surface area contributed by atoms with Gasteiger partial charge >= 0.3 is 10.4 Å². The van der Waals surface area contributed by atoms with Crippen LogP contribution in [-0.4, -0.2) is 86.1 Å². The highest BCUT2D eigenvalue weighted by Gasteiger charge is 2.64. The number of hydrogen-bond acceptors (Lipinski definition) is 11. The molecule has 4 unspecified atom stereocenters. The summed E-state index contributed by atoms with van der Waals surface area (Å²) in [6.45, 7) is 0.